The fraction of sp³-hybridized carbons (Fsp3) is 0.267. The lowest BCUT2D eigenvalue weighted by atomic mass is 10.2. The molecular weight excluding hydrogens is 410 g/mol. The average Bonchev–Trinajstić information content (AvgIpc) is 2.60. The molecule has 1 aromatic heterocycles. The summed E-state index contributed by atoms with van der Waals surface area (Å²) in [4.78, 5) is 36.2. The van der Waals surface area contributed by atoms with E-state index >= 15 is 0 Å². The first kappa shape index (κ1) is 19.4. The van der Waals surface area contributed by atoms with Crippen molar-refractivity contribution in [3.8, 4) is 11.5 Å². The predicted molar refractivity (Wildman–Crippen MR) is 96.8 cm³/mol. The Kier molecular flexibility index (Phi) is 6.67. The summed E-state index contributed by atoms with van der Waals surface area (Å²) in [5, 5.41) is 9.55. The van der Waals surface area contributed by atoms with Gasteiger partial charge in [-0.25, -0.2) is 15.3 Å². The van der Waals surface area contributed by atoms with E-state index in [0.717, 1.165) is 0 Å². The van der Waals surface area contributed by atoms with Crippen LogP contribution in [0.4, 0.5) is 0 Å². The third-order valence-corrected chi connectivity index (χ3v) is 3.82. The number of benzene rings is 1. The second-order valence-electron chi connectivity index (χ2n) is 4.98. The molecule has 11 heteroatoms. The number of carbonyl (C=O) groups is 1. The van der Waals surface area contributed by atoms with Crippen LogP contribution in [0.5, 0.6) is 11.5 Å². The van der Waals surface area contributed by atoms with Gasteiger partial charge in [-0.05, 0) is 33.6 Å². The van der Waals surface area contributed by atoms with Crippen LogP contribution in [0.25, 0.3) is 0 Å². The first-order chi connectivity index (χ1) is 12.4. The lowest BCUT2D eigenvalue weighted by Gasteiger charge is -2.10. The van der Waals surface area contributed by atoms with Gasteiger partial charge in [0.2, 0.25) is 5.91 Å². The number of methoxy groups -OCH3 is 2. The van der Waals surface area contributed by atoms with E-state index in [9.17, 15) is 14.4 Å². The third-order valence-electron chi connectivity index (χ3n) is 3.23. The van der Waals surface area contributed by atoms with Gasteiger partial charge in [0.25, 0.3) is 5.56 Å². The molecule has 1 amide bonds. The van der Waals surface area contributed by atoms with Crippen LogP contribution in [0.3, 0.4) is 0 Å². The molecular formula is C15H16BrN5O5. The topological polar surface area (TPSA) is 139 Å². The number of hydrogen-bond donors (Lipinski definition) is 3. The van der Waals surface area contributed by atoms with Gasteiger partial charge in [0.1, 0.15) is 5.69 Å². The number of nitrogens with one attached hydrogen (secondary N) is 3. The van der Waals surface area contributed by atoms with Crippen molar-refractivity contribution in [2.75, 3.05) is 14.2 Å². The monoisotopic (exact) mass is 425 g/mol. The molecule has 2 rings (SSSR count). The van der Waals surface area contributed by atoms with E-state index in [1.54, 1.807) is 12.1 Å². The number of halogens is 1. The fourth-order valence-corrected chi connectivity index (χ4v) is 2.64. The lowest BCUT2D eigenvalue weighted by molar-refractivity contribution is -0.121. The van der Waals surface area contributed by atoms with Crippen molar-refractivity contribution >= 4 is 28.1 Å². The molecule has 138 valence electrons. The summed E-state index contributed by atoms with van der Waals surface area (Å²) in [7, 11) is 3.04. The zero-order valence-electron chi connectivity index (χ0n) is 14.0. The number of hydrazone groups is 1. The van der Waals surface area contributed by atoms with Crippen LogP contribution in [-0.4, -0.2) is 41.5 Å². The van der Waals surface area contributed by atoms with Crippen LogP contribution in [0, 0.1) is 0 Å². The second kappa shape index (κ2) is 8.94. The van der Waals surface area contributed by atoms with Crippen LogP contribution in [0.2, 0.25) is 0 Å². The maximum atomic E-state index is 11.8. The number of rotatable bonds is 7. The van der Waals surface area contributed by atoms with E-state index in [1.807, 2.05) is 4.98 Å². The fourth-order valence-electron chi connectivity index (χ4n) is 2.02. The molecule has 0 bridgehead atoms. The summed E-state index contributed by atoms with van der Waals surface area (Å²) in [5.41, 5.74) is 1.76. The van der Waals surface area contributed by atoms with Gasteiger partial charge in [-0.2, -0.15) is 10.2 Å². The van der Waals surface area contributed by atoms with Gasteiger partial charge >= 0.3 is 5.69 Å². The van der Waals surface area contributed by atoms with Crippen molar-refractivity contribution in [2.24, 2.45) is 5.10 Å². The Hall–Kier alpha value is -2.95. The first-order valence-electron chi connectivity index (χ1n) is 7.36. The molecule has 0 aliphatic heterocycles. The minimum atomic E-state index is -0.700. The van der Waals surface area contributed by atoms with E-state index in [-0.39, 0.29) is 18.5 Å². The number of amides is 1. The molecule has 0 unspecified atom stereocenters. The number of aromatic nitrogens is 3. The zero-order valence-corrected chi connectivity index (χ0v) is 15.5. The van der Waals surface area contributed by atoms with E-state index in [2.05, 4.69) is 36.7 Å². The highest BCUT2D eigenvalue weighted by Gasteiger charge is 2.10. The zero-order chi connectivity index (χ0) is 19.1. The summed E-state index contributed by atoms with van der Waals surface area (Å²) >= 11 is 3.36. The number of H-pyrrole nitrogens is 2. The van der Waals surface area contributed by atoms with Gasteiger partial charge in [0.05, 0.1) is 24.9 Å². The normalized spacial score (nSPS) is 10.7. The van der Waals surface area contributed by atoms with Crippen molar-refractivity contribution in [1.82, 2.24) is 20.6 Å². The molecule has 0 saturated heterocycles. The molecule has 1 aromatic carbocycles. The first-order valence-corrected chi connectivity index (χ1v) is 8.15. The highest BCUT2D eigenvalue weighted by atomic mass is 79.9. The molecule has 0 aliphatic rings. The Labute approximate surface area is 155 Å². The van der Waals surface area contributed by atoms with Crippen molar-refractivity contribution in [3.05, 3.63) is 48.7 Å². The summed E-state index contributed by atoms with van der Waals surface area (Å²) in [5.74, 6) is 0.651. The molecule has 0 aliphatic carbocycles. The van der Waals surface area contributed by atoms with Crippen molar-refractivity contribution < 1.29 is 14.3 Å². The van der Waals surface area contributed by atoms with Crippen molar-refractivity contribution in [3.63, 3.8) is 0 Å². The minimum absolute atomic E-state index is 0.0188. The van der Waals surface area contributed by atoms with Gasteiger partial charge in [-0.15, -0.1) is 0 Å². The van der Waals surface area contributed by atoms with E-state index < -0.39 is 17.2 Å². The standard InChI is InChI=1S/C15H16BrN5O5/c1-25-11-6-8(5-9(16)13(11)26-2)7-17-20-12(22)4-3-10-14(23)18-15(24)21-19-10/h5-7H,3-4H2,1-2H3,(H,20,22)(H2,18,21,23,24)/b17-7+. The Morgan fingerprint density at radius 1 is 1.35 bits per heavy atom. The molecule has 0 fully saturated rings. The number of hydrogen-bond acceptors (Lipinski definition) is 7. The third kappa shape index (κ3) is 5.02. The van der Waals surface area contributed by atoms with Gasteiger partial charge < -0.3 is 9.47 Å². The quantitative estimate of drug-likeness (QED) is 0.431. The summed E-state index contributed by atoms with van der Waals surface area (Å²) in [6.07, 6.45) is 1.49. The lowest BCUT2D eigenvalue weighted by Crippen LogP contribution is -2.28. The maximum Gasteiger partial charge on any atom is 0.342 e. The Bertz CT molecular complexity index is 937. The van der Waals surface area contributed by atoms with Crippen LogP contribution < -0.4 is 26.1 Å². The van der Waals surface area contributed by atoms with E-state index in [1.165, 1.54) is 20.4 Å². The maximum absolute atomic E-state index is 11.8. The summed E-state index contributed by atoms with van der Waals surface area (Å²) in [6, 6.07) is 3.45. The Morgan fingerprint density at radius 2 is 2.12 bits per heavy atom. The second-order valence-corrected chi connectivity index (χ2v) is 5.84. The number of carbonyl (C=O) groups excluding carboxylic acids is 1. The van der Waals surface area contributed by atoms with E-state index in [0.29, 0.717) is 21.5 Å². The number of ether oxygens (including phenoxy) is 2. The molecule has 0 atom stereocenters. The smallest absolute Gasteiger partial charge is 0.342 e. The average molecular weight is 426 g/mol. The number of nitrogens with zero attached hydrogens (tertiary/aromatic N) is 2. The largest absolute Gasteiger partial charge is 0.493 e. The highest BCUT2D eigenvalue weighted by Crippen LogP contribution is 2.35. The van der Waals surface area contributed by atoms with Crippen LogP contribution in [0.15, 0.2) is 31.3 Å². The molecule has 0 spiro atoms. The number of aryl methyl sites for hydroxylation is 1. The predicted octanol–water partition coefficient (Wildman–Crippen LogP) is 0.321. The van der Waals surface area contributed by atoms with Crippen LogP contribution >= 0.6 is 15.9 Å². The van der Waals surface area contributed by atoms with Gasteiger partial charge in [0, 0.05) is 12.8 Å². The minimum Gasteiger partial charge on any atom is -0.493 e. The highest BCUT2D eigenvalue weighted by molar-refractivity contribution is 9.10. The van der Waals surface area contributed by atoms with Crippen molar-refractivity contribution in [1.29, 1.82) is 0 Å². The molecule has 0 saturated carbocycles. The molecule has 0 radical (unpaired) electrons. The number of aromatic amines is 2. The molecule has 26 heavy (non-hydrogen) atoms. The van der Waals surface area contributed by atoms with Crippen LogP contribution in [0.1, 0.15) is 17.7 Å². The Balaban J connectivity index is 1.95. The van der Waals surface area contributed by atoms with E-state index in [4.69, 9.17) is 9.47 Å². The Morgan fingerprint density at radius 3 is 2.77 bits per heavy atom. The van der Waals surface area contributed by atoms with Gasteiger partial charge in [0.15, 0.2) is 11.5 Å². The summed E-state index contributed by atoms with van der Waals surface area (Å²) < 4.78 is 11.1. The van der Waals surface area contributed by atoms with Crippen molar-refractivity contribution in [2.45, 2.75) is 12.8 Å². The van der Waals surface area contributed by atoms with Gasteiger partial charge in [-0.3, -0.25) is 14.6 Å². The summed E-state index contributed by atoms with van der Waals surface area (Å²) in [6.45, 7) is 0. The molecule has 2 aromatic rings. The SMILES string of the molecule is COc1cc(/C=N/NC(=O)CCc2n[nH]c(=O)[nH]c2=O)cc(Br)c1OC. The molecule has 10 nitrogen and oxygen atoms in total. The molecule has 3 N–H and O–H groups in total. The molecule has 1 heterocycles. The van der Waals surface area contributed by atoms with Gasteiger partial charge in [-0.1, -0.05) is 0 Å². The van der Waals surface area contributed by atoms with Crippen LogP contribution in [-0.2, 0) is 11.2 Å².